The lowest BCUT2D eigenvalue weighted by Crippen LogP contribution is -2.62. The van der Waals surface area contributed by atoms with E-state index in [1.54, 1.807) is 0 Å². The van der Waals surface area contributed by atoms with Gasteiger partial charge in [-0.15, -0.1) is 0 Å². The maximum absolute atomic E-state index is 9.14. The van der Waals surface area contributed by atoms with Gasteiger partial charge >= 0.3 is 0 Å². The molecule has 3 heteroatoms. The predicted molar refractivity (Wildman–Crippen MR) is 72.5 cm³/mol. The van der Waals surface area contributed by atoms with E-state index in [-0.39, 0.29) is 6.61 Å². The summed E-state index contributed by atoms with van der Waals surface area (Å²) < 4.78 is 0. The number of benzene rings is 1. The Kier molecular flexibility index (Phi) is 3.37. The van der Waals surface area contributed by atoms with Crippen LogP contribution in [-0.2, 0) is 13.0 Å². The quantitative estimate of drug-likeness (QED) is 0.865. The van der Waals surface area contributed by atoms with Crippen LogP contribution in [0.1, 0.15) is 18.1 Å². The van der Waals surface area contributed by atoms with Crippen LogP contribution in [0.5, 0.6) is 0 Å². The first-order valence-electron chi connectivity index (χ1n) is 6.93. The lowest BCUT2D eigenvalue weighted by Gasteiger charge is -2.49. The second kappa shape index (κ2) is 5.00. The summed E-state index contributed by atoms with van der Waals surface area (Å²) >= 11 is 0. The Hall–Kier alpha value is -0.900. The maximum atomic E-state index is 9.14. The van der Waals surface area contributed by atoms with Crippen molar-refractivity contribution in [2.24, 2.45) is 0 Å². The summed E-state index contributed by atoms with van der Waals surface area (Å²) in [7, 11) is 0. The third-order valence-electron chi connectivity index (χ3n) is 4.45. The summed E-state index contributed by atoms with van der Waals surface area (Å²) in [5, 5.41) is 9.14. The first kappa shape index (κ1) is 12.2. The molecule has 3 rings (SSSR count). The number of hydrogen-bond donors (Lipinski definition) is 1. The molecule has 2 aliphatic rings. The Morgan fingerprint density at radius 2 is 2.00 bits per heavy atom. The molecule has 18 heavy (non-hydrogen) atoms. The number of aliphatic hydroxyl groups is 1. The molecule has 1 atom stereocenters. The molecule has 1 fully saturated rings. The molecule has 98 valence electrons. The number of nitrogens with zero attached hydrogens (tertiary/aromatic N) is 2. The maximum Gasteiger partial charge on any atom is 0.0584 e. The number of aliphatic hydroxyl groups excluding tert-OH is 1. The molecule has 1 aromatic rings. The Morgan fingerprint density at radius 3 is 2.72 bits per heavy atom. The van der Waals surface area contributed by atoms with E-state index in [4.69, 9.17) is 5.11 Å². The van der Waals surface area contributed by atoms with Crippen molar-refractivity contribution >= 4 is 0 Å². The van der Waals surface area contributed by atoms with Crippen LogP contribution < -0.4 is 0 Å². The van der Waals surface area contributed by atoms with Gasteiger partial charge in [0.2, 0.25) is 0 Å². The van der Waals surface area contributed by atoms with Crippen molar-refractivity contribution in [3.05, 3.63) is 35.4 Å². The molecule has 0 amide bonds. The summed E-state index contributed by atoms with van der Waals surface area (Å²) in [6.45, 7) is 6.89. The Labute approximate surface area is 109 Å². The molecule has 2 aliphatic heterocycles. The number of likely N-dealkylation sites (tertiary alicyclic amines) is 1. The van der Waals surface area contributed by atoms with Crippen LogP contribution in [0.4, 0.5) is 0 Å². The van der Waals surface area contributed by atoms with Crippen molar-refractivity contribution in [2.45, 2.75) is 32.0 Å². The van der Waals surface area contributed by atoms with Crippen molar-refractivity contribution in [3.63, 3.8) is 0 Å². The summed E-state index contributed by atoms with van der Waals surface area (Å²) in [5.74, 6) is 0. The van der Waals surface area contributed by atoms with E-state index in [9.17, 15) is 0 Å². The zero-order valence-corrected chi connectivity index (χ0v) is 11.0. The van der Waals surface area contributed by atoms with E-state index in [0.717, 1.165) is 19.6 Å². The van der Waals surface area contributed by atoms with Gasteiger partial charge in [-0.05, 0) is 24.5 Å². The normalized spacial score (nSPS) is 23.4. The minimum Gasteiger partial charge on any atom is -0.395 e. The van der Waals surface area contributed by atoms with Crippen LogP contribution >= 0.6 is 0 Å². The molecule has 0 bridgehead atoms. The van der Waals surface area contributed by atoms with Gasteiger partial charge in [0.05, 0.1) is 6.61 Å². The Bertz CT molecular complexity index is 415. The highest BCUT2D eigenvalue weighted by atomic mass is 16.3. The van der Waals surface area contributed by atoms with E-state index in [1.165, 1.54) is 24.1 Å². The summed E-state index contributed by atoms with van der Waals surface area (Å²) in [4.78, 5) is 4.97. The van der Waals surface area contributed by atoms with E-state index >= 15 is 0 Å². The molecule has 0 saturated carbocycles. The van der Waals surface area contributed by atoms with Crippen LogP contribution in [0.15, 0.2) is 24.3 Å². The molecule has 0 radical (unpaired) electrons. The zero-order chi connectivity index (χ0) is 12.5. The largest absolute Gasteiger partial charge is 0.395 e. The molecule has 1 unspecified atom stereocenters. The first-order valence-corrected chi connectivity index (χ1v) is 6.93. The molecule has 0 spiro atoms. The van der Waals surface area contributed by atoms with Gasteiger partial charge in [-0.2, -0.15) is 0 Å². The highest BCUT2D eigenvalue weighted by Gasteiger charge is 2.35. The highest BCUT2D eigenvalue weighted by Crippen LogP contribution is 2.25. The Balaban J connectivity index is 1.58. The van der Waals surface area contributed by atoms with Gasteiger partial charge in [0, 0.05) is 38.3 Å². The van der Waals surface area contributed by atoms with Gasteiger partial charge in [-0.25, -0.2) is 0 Å². The van der Waals surface area contributed by atoms with Gasteiger partial charge in [0.25, 0.3) is 0 Å². The SMILES string of the molecule is CC(CO)N1CC(N2CCc3ccccc3C2)C1. The summed E-state index contributed by atoms with van der Waals surface area (Å²) in [5.41, 5.74) is 3.02. The monoisotopic (exact) mass is 246 g/mol. The van der Waals surface area contributed by atoms with Gasteiger partial charge in [0.15, 0.2) is 0 Å². The average molecular weight is 246 g/mol. The number of rotatable bonds is 3. The van der Waals surface area contributed by atoms with Gasteiger partial charge in [0.1, 0.15) is 0 Å². The standard InChI is InChI=1S/C15H22N2O/c1-12(11-18)17-9-15(10-17)16-7-6-13-4-2-3-5-14(13)8-16/h2-5,12,15,18H,6-11H2,1H3. The summed E-state index contributed by atoms with van der Waals surface area (Å²) in [6.07, 6.45) is 1.18. The van der Waals surface area contributed by atoms with Crippen LogP contribution in [0.3, 0.4) is 0 Å². The highest BCUT2D eigenvalue weighted by molar-refractivity contribution is 5.29. The number of fused-ring (bicyclic) bond motifs is 1. The van der Waals surface area contributed by atoms with Gasteiger partial charge < -0.3 is 5.11 Å². The fourth-order valence-electron chi connectivity index (χ4n) is 3.02. The second-order valence-electron chi connectivity index (χ2n) is 5.63. The smallest absolute Gasteiger partial charge is 0.0584 e. The molecular weight excluding hydrogens is 224 g/mol. The Morgan fingerprint density at radius 1 is 1.28 bits per heavy atom. The molecule has 1 N–H and O–H groups in total. The molecular formula is C15H22N2O. The van der Waals surface area contributed by atoms with Crippen molar-refractivity contribution < 1.29 is 5.11 Å². The van der Waals surface area contributed by atoms with E-state index < -0.39 is 0 Å². The topological polar surface area (TPSA) is 26.7 Å². The predicted octanol–water partition coefficient (Wildman–Crippen LogP) is 1.11. The van der Waals surface area contributed by atoms with Crippen molar-refractivity contribution in [1.29, 1.82) is 0 Å². The second-order valence-corrected chi connectivity index (χ2v) is 5.63. The van der Waals surface area contributed by atoms with Crippen LogP contribution in [0.2, 0.25) is 0 Å². The number of hydrogen-bond acceptors (Lipinski definition) is 3. The fourth-order valence-corrected chi connectivity index (χ4v) is 3.02. The lowest BCUT2D eigenvalue weighted by atomic mass is 9.96. The van der Waals surface area contributed by atoms with Crippen LogP contribution in [-0.4, -0.2) is 53.2 Å². The van der Waals surface area contributed by atoms with Gasteiger partial charge in [-0.3, -0.25) is 9.80 Å². The molecule has 1 aromatic carbocycles. The third-order valence-corrected chi connectivity index (χ3v) is 4.45. The van der Waals surface area contributed by atoms with E-state index in [2.05, 4.69) is 41.0 Å². The molecule has 0 aliphatic carbocycles. The third kappa shape index (κ3) is 2.18. The lowest BCUT2D eigenvalue weighted by molar-refractivity contribution is -0.0115. The molecule has 3 nitrogen and oxygen atoms in total. The van der Waals surface area contributed by atoms with Crippen LogP contribution in [0.25, 0.3) is 0 Å². The van der Waals surface area contributed by atoms with Crippen molar-refractivity contribution in [3.8, 4) is 0 Å². The average Bonchev–Trinajstić information content (AvgIpc) is 2.36. The van der Waals surface area contributed by atoms with E-state index in [1.807, 2.05) is 0 Å². The first-order chi connectivity index (χ1) is 8.78. The van der Waals surface area contributed by atoms with Gasteiger partial charge in [-0.1, -0.05) is 24.3 Å². The molecule has 0 aromatic heterocycles. The molecule has 1 saturated heterocycles. The minimum atomic E-state index is 0.273. The van der Waals surface area contributed by atoms with Crippen molar-refractivity contribution in [1.82, 2.24) is 9.80 Å². The van der Waals surface area contributed by atoms with Crippen molar-refractivity contribution in [2.75, 3.05) is 26.2 Å². The van der Waals surface area contributed by atoms with E-state index in [0.29, 0.717) is 12.1 Å². The van der Waals surface area contributed by atoms with Crippen LogP contribution in [0, 0.1) is 0 Å². The zero-order valence-electron chi connectivity index (χ0n) is 11.0. The fraction of sp³-hybridized carbons (Fsp3) is 0.600. The minimum absolute atomic E-state index is 0.273. The molecule has 2 heterocycles. The summed E-state index contributed by atoms with van der Waals surface area (Å²) in [6, 6.07) is 9.80.